The van der Waals surface area contributed by atoms with Crippen LogP contribution in [0.15, 0.2) is 57.9 Å². The smallest absolute Gasteiger partial charge is 0.170 e. The van der Waals surface area contributed by atoms with Crippen LogP contribution < -0.4 is 9.47 Å². The third-order valence-electron chi connectivity index (χ3n) is 3.51. The maximum atomic E-state index is 5.61. The fourth-order valence-corrected chi connectivity index (χ4v) is 3.11. The summed E-state index contributed by atoms with van der Waals surface area (Å²) in [6.45, 7) is 3.22. The van der Waals surface area contributed by atoms with Gasteiger partial charge in [0.25, 0.3) is 0 Å². The van der Waals surface area contributed by atoms with E-state index in [0.29, 0.717) is 13.2 Å². The van der Waals surface area contributed by atoms with Gasteiger partial charge in [0.05, 0.1) is 12.6 Å². The number of pyridine rings is 1. The summed E-state index contributed by atoms with van der Waals surface area (Å²) in [5.41, 5.74) is 1.97. The molecule has 0 bridgehead atoms. The SMILES string of the molecule is COSc1ccc(Br)cc1.Cc1ccc2c3c(ccc2n1)OCCO3. The van der Waals surface area contributed by atoms with Gasteiger partial charge in [-0.25, -0.2) is 0 Å². The van der Waals surface area contributed by atoms with Gasteiger partial charge in [-0.15, -0.1) is 0 Å². The topological polar surface area (TPSA) is 40.6 Å². The largest absolute Gasteiger partial charge is 0.486 e. The average Bonchev–Trinajstić information content (AvgIpc) is 2.64. The molecular formula is C19H18BrNO3S. The van der Waals surface area contributed by atoms with Crippen LogP contribution in [-0.4, -0.2) is 25.3 Å². The second kappa shape index (κ2) is 8.56. The minimum absolute atomic E-state index is 0.611. The molecule has 2 heterocycles. The van der Waals surface area contributed by atoms with Crippen LogP contribution >= 0.6 is 28.0 Å². The van der Waals surface area contributed by atoms with E-state index in [1.165, 1.54) is 12.0 Å². The van der Waals surface area contributed by atoms with Crippen LogP contribution in [0.1, 0.15) is 5.69 Å². The number of aromatic nitrogens is 1. The first kappa shape index (κ1) is 18.0. The summed E-state index contributed by atoms with van der Waals surface area (Å²) < 4.78 is 17.1. The van der Waals surface area contributed by atoms with E-state index in [-0.39, 0.29) is 0 Å². The maximum absolute atomic E-state index is 5.61. The zero-order valence-electron chi connectivity index (χ0n) is 14.0. The van der Waals surface area contributed by atoms with E-state index in [4.69, 9.17) is 13.7 Å². The molecule has 0 radical (unpaired) electrons. The molecule has 0 fully saturated rings. The van der Waals surface area contributed by atoms with Crippen molar-refractivity contribution in [2.75, 3.05) is 20.3 Å². The van der Waals surface area contributed by atoms with Gasteiger partial charge in [0, 0.05) is 32.5 Å². The van der Waals surface area contributed by atoms with Gasteiger partial charge in [-0.05, 0) is 55.5 Å². The lowest BCUT2D eigenvalue weighted by Crippen LogP contribution is -2.15. The van der Waals surface area contributed by atoms with Crippen molar-refractivity contribution in [2.45, 2.75) is 11.8 Å². The first-order chi connectivity index (χ1) is 12.2. The van der Waals surface area contributed by atoms with E-state index in [2.05, 4.69) is 20.9 Å². The lowest BCUT2D eigenvalue weighted by molar-refractivity contribution is 0.174. The Labute approximate surface area is 159 Å². The van der Waals surface area contributed by atoms with Gasteiger partial charge < -0.3 is 13.7 Å². The number of aryl methyl sites for hydroxylation is 1. The number of benzene rings is 2. The van der Waals surface area contributed by atoms with E-state index >= 15 is 0 Å². The zero-order valence-corrected chi connectivity index (χ0v) is 16.4. The van der Waals surface area contributed by atoms with Crippen molar-refractivity contribution in [3.05, 3.63) is 58.7 Å². The van der Waals surface area contributed by atoms with Crippen molar-refractivity contribution >= 4 is 38.9 Å². The normalized spacial score (nSPS) is 12.4. The van der Waals surface area contributed by atoms with Gasteiger partial charge in [-0.2, -0.15) is 0 Å². The third kappa shape index (κ3) is 4.66. The molecule has 4 rings (SSSR count). The monoisotopic (exact) mass is 419 g/mol. The summed E-state index contributed by atoms with van der Waals surface area (Å²) in [6.07, 6.45) is 0. The van der Waals surface area contributed by atoms with Crippen LogP contribution in [0.3, 0.4) is 0 Å². The molecule has 130 valence electrons. The summed E-state index contributed by atoms with van der Waals surface area (Å²) in [5, 5.41) is 1.03. The van der Waals surface area contributed by atoms with Crippen LogP contribution in [-0.2, 0) is 4.18 Å². The summed E-state index contributed by atoms with van der Waals surface area (Å²) in [5.74, 6) is 1.64. The quantitative estimate of drug-likeness (QED) is 0.518. The average molecular weight is 420 g/mol. The molecule has 4 nitrogen and oxygen atoms in total. The van der Waals surface area contributed by atoms with Crippen molar-refractivity contribution in [3.63, 3.8) is 0 Å². The van der Waals surface area contributed by atoms with Crippen LogP contribution in [0, 0.1) is 6.92 Å². The minimum atomic E-state index is 0.611. The van der Waals surface area contributed by atoms with Gasteiger partial charge in [0.15, 0.2) is 11.5 Å². The minimum Gasteiger partial charge on any atom is -0.486 e. The highest BCUT2D eigenvalue weighted by Crippen LogP contribution is 2.36. The molecule has 0 unspecified atom stereocenters. The summed E-state index contributed by atoms with van der Waals surface area (Å²) in [7, 11) is 1.66. The van der Waals surface area contributed by atoms with E-state index in [9.17, 15) is 0 Å². The standard InChI is InChI=1S/C12H11NO2.C7H7BrOS/c1-8-2-3-9-10(13-8)4-5-11-12(9)15-7-6-14-11;1-9-10-7-4-2-6(8)3-5-7/h2-5H,6-7H2,1H3;2-5H,1H3. The fraction of sp³-hybridized carbons (Fsp3) is 0.211. The Hall–Kier alpha value is -1.76. The number of ether oxygens (including phenoxy) is 2. The molecule has 0 aliphatic carbocycles. The number of halogens is 1. The Kier molecular flexibility index (Phi) is 6.18. The van der Waals surface area contributed by atoms with Gasteiger partial charge in [0.1, 0.15) is 13.2 Å². The number of hydrogen-bond donors (Lipinski definition) is 0. The van der Waals surface area contributed by atoms with E-state index in [1.807, 2.05) is 55.5 Å². The summed E-state index contributed by atoms with van der Waals surface area (Å²) in [6, 6.07) is 15.9. The molecule has 2 aromatic carbocycles. The molecular weight excluding hydrogens is 402 g/mol. The van der Waals surface area contributed by atoms with E-state index < -0.39 is 0 Å². The molecule has 0 N–H and O–H groups in total. The molecule has 0 amide bonds. The molecule has 0 spiro atoms. The maximum Gasteiger partial charge on any atom is 0.170 e. The first-order valence-corrected chi connectivity index (χ1v) is 9.33. The van der Waals surface area contributed by atoms with Gasteiger partial charge in [-0.1, -0.05) is 15.9 Å². The number of nitrogens with zero attached hydrogens (tertiary/aromatic N) is 1. The molecule has 1 aliphatic rings. The number of rotatable bonds is 2. The van der Waals surface area contributed by atoms with E-state index in [0.717, 1.165) is 37.5 Å². The Balaban J connectivity index is 0.000000160. The van der Waals surface area contributed by atoms with Crippen molar-refractivity contribution in [1.82, 2.24) is 4.98 Å². The molecule has 0 saturated carbocycles. The van der Waals surface area contributed by atoms with Crippen molar-refractivity contribution in [2.24, 2.45) is 0 Å². The Morgan fingerprint density at radius 3 is 2.52 bits per heavy atom. The molecule has 0 atom stereocenters. The molecule has 0 saturated heterocycles. The number of fused-ring (bicyclic) bond motifs is 3. The Morgan fingerprint density at radius 1 is 1.00 bits per heavy atom. The van der Waals surface area contributed by atoms with E-state index in [1.54, 1.807) is 7.11 Å². The highest BCUT2D eigenvalue weighted by molar-refractivity contribution is 9.10. The van der Waals surface area contributed by atoms with Gasteiger partial charge in [-0.3, -0.25) is 4.98 Å². The summed E-state index contributed by atoms with van der Waals surface area (Å²) in [4.78, 5) is 5.56. The zero-order chi connectivity index (χ0) is 17.6. The van der Waals surface area contributed by atoms with Crippen LogP contribution in [0.2, 0.25) is 0 Å². The molecule has 6 heteroatoms. The lowest BCUT2D eigenvalue weighted by Gasteiger charge is -2.19. The van der Waals surface area contributed by atoms with Crippen molar-refractivity contribution in [1.29, 1.82) is 0 Å². The predicted octanol–water partition coefficient (Wildman–Crippen LogP) is 5.42. The van der Waals surface area contributed by atoms with Crippen LogP contribution in [0.25, 0.3) is 10.9 Å². The van der Waals surface area contributed by atoms with Gasteiger partial charge >= 0.3 is 0 Å². The van der Waals surface area contributed by atoms with Crippen LogP contribution in [0.5, 0.6) is 11.5 Å². The molecule has 1 aliphatic heterocycles. The lowest BCUT2D eigenvalue weighted by atomic mass is 10.1. The van der Waals surface area contributed by atoms with Crippen molar-refractivity contribution < 1.29 is 13.7 Å². The van der Waals surface area contributed by atoms with Crippen LogP contribution in [0.4, 0.5) is 0 Å². The highest BCUT2D eigenvalue weighted by Gasteiger charge is 2.14. The second-order valence-electron chi connectivity index (χ2n) is 5.31. The number of hydrogen-bond acceptors (Lipinski definition) is 5. The Bertz CT molecular complexity index is 855. The molecule has 25 heavy (non-hydrogen) atoms. The predicted molar refractivity (Wildman–Crippen MR) is 104 cm³/mol. The second-order valence-corrected chi connectivity index (χ2v) is 7.20. The fourth-order valence-electron chi connectivity index (χ4n) is 2.40. The van der Waals surface area contributed by atoms with Gasteiger partial charge in [0.2, 0.25) is 0 Å². The van der Waals surface area contributed by atoms with Crippen molar-refractivity contribution in [3.8, 4) is 11.5 Å². The summed E-state index contributed by atoms with van der Waals surface area (Å²) >= 11 is 4.71. The molecule has 3 aromatic rings. The highest BCUT2D eigenvalue weighted by atomic mass is 79.9. The Morgan fingerprint density at radius 2 is 1.76 bits per heavy atom. The third-order valence-corrected chi connectivity index (χ3v) is 4.67. The molecule has 1 aromatic heterocycles. The first-order valence-electron chi connectivity index (χ1n) is 7.79.